The zero-order valence-corrected chi connectivity index (χ0v) is 11.4. The van der Waals surface area contributed by atoms with Crippen molar-refractivity contribution in [2.75, 3.05) is 7.11 Å². The van der Waals surface area contributed by atoms with Crippen LogP contribution in [0.25, 0.3) is 0 Å². The summed E-state index contributed by atoms with van der Waals surface area (Å²) in [5.41, 5.74) is 6.89. The molecule has 2 N–H and O–H groups in total. The van der Waals surface area contributed by atoms with E-state index in [-0.39, 0.29) is 17.6 Å². The van der Waals surface area contributed by atoms with Crippen LogP contribution in [0.2, 0.25) is 5.02 Å². The van der Waals surface area contributed by atoms with E-state index in [9.17, 15) is 4.39 Å². The third-order valence-electron chi connectivity index (χ3n) is 2.65. The van der Waals surface area contributed by atoms with Gasteiger partial charge in [-0.05, 0) is 35.6 Å². The molecule has 5 heteroatoms. The number of methoxy groups -OCH3 is 1. The summed E-state index contributed by atoms with van der Waals surface area (Å²) in [4.78, 5) is 0.924. The van der Waals surface area contributed by atoms with Crippen molar-refractivity contribution in [3.8, 4) is 5.75 Å². The number of hydrogen-bond acceptors (Lipinski definition) is 3. The van der Waals surface area contributed by atoms with E-state index in [0.717, 1.165) is 10.4 Å². The summed E-state index contributed by atoms with van der Waals surface area (Å²) in [6.07, 6.45) is 0.543. The predicted molar refractivity (Wildman–Crippen MR) is 72.9 cm³/mol. The summed E-state index contributed by atoms with van der Waals surface area (Å²) >= 11 is 7.53. The molecule has 96 valence electrons. The first-order valence-electron chi connectivity index (χ1n) is 5.42. The van der Waals surface area contributed by atoms with Gasteiger partial charge in [-0.3, -0.25) is 0 Å². The van der Waals surface area contributed by atoms with Gasteiger partial charge in [0.1, 0.15) is 0 Å². The Morgan fingerprint density at radius 1 is 1.44 bits per heavy atom. The summed E-state index contributed by atoms with van der Waals surface area (Å²) in [6.45, 7) is 0. The number of rotatable bonds is 4. The Morgan fingerprint density at radius 3 is 2.78 bits per heavy atom. The van der Waals surface area contributed by atoms with Crippen LogP contribution in [-0.2, 0) is 6.42 Å². The molecule has 2 aromatic rings. The van der Waals surface area contributed by atoms with E-state index in [1.165, 1.54) is 24.5 Å². The second kappa shape index (κ2) is 5.69. The Hall–Kier alpha value is -1.10. The van der Waals surface area contributed by atoms with Crippen LogP contribution >= 0.6 is 22.9 Å². The van der Waals surface area contributed by atoms with E-state index < -0.39 is 0 Å². The molecule has 18 heavy (non-hydrogen) atoms. The maximum absolute atomic E-state index is 13.5. The number of benzene rings is 1. The highest BCUT2D eigenvalue weighted by atomic mass is 35.5. The smallest absolute Gasteiger partial charge is 0.165 e. The number of hydrogen-bond donors (Lipinski definition) is 1. The first-order valence-corrected chi connectivity index (χ1v) is 6.68. The normalized spacial score (nSPS) is 12.4. The molecule has 0 aliphatic rings. The summed E-state index contributed by atoms with van der Waals surface area (Å²) in [5, 5.41) is 2.56. The highest BCUT2D eigenvalue weighted by Gasteiger charge is 2.13. The van der Waals surface area contributed by atoms with Crippen LogP contribution in [0.5, 0.6) is 5.75 Å². The van der Waals surface area contributed by atoms with Gasteiger partial charge in [-0.25, -0.2) is 4.39 Å². The standard InChI is InChI=1S/C13H13ClFNOS/c1-17-12-3-2-8(6-10(12)15)7-11(16)13-9(14)4-5-18-13/h2-6,11H,7,16H2,1H3. The summed E-state index contributed by atoms with van der Waals surface area (Å²) in [7, 11) is 1.44. The first kappa shape index (κ1) is 13.3. The van der Waals surface area contributed by atoms with E-state index in [1.54, 1.807) is 6.07 Å². The fraction of sp³-hybridized carbons (Fsp3) is 0.231. The number of halogens is 2. The Labute approximate surface area is 114 Å². The predicted octanol–water partition coefficient (Wildman–Crippen LogP) is 3.79. The van der Waals surface area contributed by atoms with Gasteiger partial charge >= 0.3 is 0 Å². The van der Waals surface area contributed by atoms with Gasteiger partial charge in [0.05, 0.1) is 12.1 Å². The SMILES string of the molecule is COc1ccc(CC(N)c2sccc2Cl)cc1F. The minimum atomic E-state index is -0.375. The average Bonchev–Trinajstić information content (AvgIpc) is 2.76. The molecular weight excluding hydrogens is 273 g/mol. The molecule has 0 aliphatic carbocycles. The van der Waals surface area contributed by atoms with Gasteiger partial charge in [0.15, 0.2) is 11.6 Å². The molecule has 0 saturated heterocycles. The Balaban J connectivity index is 2.15. The molecule has 1 heterocycles. The van der Waals surface area contributed by atoms with Crippen molar-refractivity contribution >= 4 is 22.9 Å². The topological polar surface area (TPSA) is 35.2 Å². The monoisotopic (exact) mass is 285 g/mol. The molecule has 0 radical (unpaired) electrons. The second-order valence-corrected chi connectivity index (χ2v) is 5.27. The lowest BCUT2D eigenvalue weighted by Crippen LogP contribution is -2.12. The van der Waals surface area contributed by atoms with Gasteiger partial charge in [0.25, 0.3) is 0 Å². The lowest BCUT2D eigenvalue weighted by atomic mass is 10.1. The molecule has 1 atom stereocenters. The Kier molecular flexibility index (Phi) is 4.22. The van der Waals surface area contributed by atoms with Crippen LogP contribution in [0.15, 0.2) is 29.6 Å². The van der Waals surface area contributed by atoms with Crippen molar-refractivity contribution in [3.05, 3.63) is 50.9 Å². The molecule has 0 spiro atoms. The zero-order chi connectivity index (χ0) is 13.1. The van der Waals surface area contributed by atoms with Crippen LogP contribution in [0.3, 0.4) is 0 Å². The molecular formula is C13H13ClFNOS. The summed E-state index contributed by atoms with van der Waals surface area (Å²) in [5.74, 6) is -0.138. The molecule has 0 amide bonds. The highest BCUT2D eigenvalue weighted by Crippen LogP contribution is 2.30. The largest absolute Gasteiger partial charge is 0.494 e. The van der Waals surface area contributed by atoms with Crippen LogP contribution in [0.4, 0.5) is 4.39 Å². The van der Waals surface area contributed by atoms with E-state index >= 15 is 0 Å². The zero-order valence-electron chi connectivity index (χ0n) is 9.82. The van der Waals surface area contributed by atoms with Gasteiger partial charge in [-0.15, -0.1) is 11.3 Å². The maximum atomic E-state index is 13.5. The van der Waals surface area contributed by atoms with Crippen LogP contribution < -0.4 is 10.5 Å². The van der Waals surface area contributed by atoms with Gasteiger partial charge in [0.2, 0.25) is 0 Å². The van der Waals surface area contributed by atoms with Crippen molar-refractivity contribution in [1.29, 1.82) is 0 Å². The van der Waals surface area contributed by atoms with Gasteiger partial charge in [-0.1, -0.05) is 17.7 Å². The van der Waals surface area contributed by atoms with Crippen LogP contribution in [-0.4, -0.2) is 7.11 Å². The van der Waals surface area contributed by atoms with Gasteiger partial charge in [0, 0.05) is 10.9 Å². The third kappa shape index (κ3) is 2.83. The quantitative estimate of drug-likeness (QED) is 0.927. The van der Waals surface area contributed by atoms with Crippen LogP contribution in [0, 0.1) is 5.82 Å². The van der Waals surface area contributed by atoms with Crippen molar-refractivity contribution in [2.24, 2.45) is 5.73 Å². The molecule has 0 fully saturated rings. The number of thiophene rings is 1. The molecule has 0 saturated carbocycles. The fourth-order valence-corrected chi connectivity index (χ4v) is 2.95. The third-order valence-corrected chi connectivity index (χ3v) is 4.14. The van der Waals surface area contributed by atoms with E-state index in [1.807, 2.05) is 17.5 Å². The fourth-order valence-electron chi connectivity index (χ4n) is 1.75. The van der Waals surface area contributed by atoms with Gasteiger partial charge < -0.3 is 10.5 Å². The number of ether oxygens (including phenoxy) is 1. The maximum Gasteiger partial charge on any atom is 0.165 e. The summed E-state index contributed by atoms with van der Waals surface area (Å²) in [6, 6.07) is 6.46. The van der Waals surface area contributed by atoms with Crippen molar-refractivity contribution in [3.63, 3.8) is 0 Å². The van der Waals surface area contributed by atoms with E-state index in [0.29, 0.717) is 11.4 Å². The lowest BCUT2D eigenvalue weighted by molar-refractivity contribution is 0.386. The second-order valence-electron chi connectivity index (χ2n) is 3.91. The lowest BCUT2D eigenvalue weighted by Gasteiger charge is -2.11. The Morgan fingerprint density at radius 2 is 2.22 bits per heavy atom. The molecule has 1 aromatic heterocycles. The van der Waals surface area contributed by atoms with Crippen molar-refractivity contribution in [2.45, 2.75) is 12.5 Å². The molecule has 0 bridgehead atoms. The van der Waals surface area contributed by atoms with Gasteiger partial charge in [-0.2, -0.15) is 0 Å². The van der Waals surface area contributed by atoms with Crippen molar-refractivity contribution < 1.29 is 9.13 Å². The Bertz CT molecular complexity index is 544. The minimum absolute atomic E-state index is 0.217. The minimum Gasteiger partial charge on any atom is -0.494 e. The van der Waals surface area contributed by atoms with Crippen molar-refractivity contribution in [1.82, 2.24) is 0 Å². The van der Waals surface area contributed by atoms with E-state index in [2.05, 4.69) is 0 Å². The molecule has 2 nitrogen and oxygen atoms in total. The average molecular weight is 286 g/mol. The van der Waals surface area contributed by atoms with E-state index in [4.69, 9.17) is 22.1 Å². The highest BCUT2D eigenvalue weighted by molar-refractivity contribution is 7.10. The molecule has 1 aromatic carbocycles. The molecule has 2 rings (SSSR count). The molecule has 0 aliphatic heterocycles. The summed E-state index contributed by atoms with van der Waals surface area (Å²) < 4.78 is 18.4. The number of nitrogens with two attached hydrogens (primary N) is 1. The molecule has 1 unspecified atom stereocenters. The first-order chi connectivity index (χ1) is 8.61. The van der Waals surface area contributed by atoms with Crippen LogP contribution in [0.1, 0.15) is 16.5 Å².